The summed E-state index contributed by atoms with van der Waals surface area (Å²) in [6, 6.07) is 0. The number of esters is 1. The highest BCUT2D eigenvalue weighted by molar-refractivity contribution is 6.55. The second-order valence-corrected chi connectivity index (χ2v) is 9.30. The third-order valence-electron chi connectivity index (χ3n) is 5.80. The SMILES string of the molecule is CCCCCCNc1c(F)c(C)c(F)c(F)c1COC(=O)[C@H]1[C@H](C=C(Cl)Cl)C1(C)C. The Morgan fingerprint density at radius 1 is 1.13 bits per heavy atom. The third kappa shape index (κ3) is 5.44. The van der Waals surface area contributed by atoms with Crippen LogP contribution in [-0.2, 0) is 16.1 Å². The molecule has 0 bridgehead atoms. The van der Waals surface area contributed by atoms with Crippen molar-refractivity contribution < 1.29 is 22.7 Å². The molecule has 168 valence electrons. The van der Waals surface area contributed by atoms with Gasteiger partial charge in [0.2, 0.25) is 0 Å². The standard InChI is InChI=1S/C22H28Cl2F3NO2/c1-5-6-7-8-9-28-20-13(19(27)17(25)12(2)18(20)26)11-30-21(29)16-14(10-15(23)24)22(16,3)4/h10,14,16,28H,5-9,11H2,1-4H3/t14-,16+/m0/s1. The lowest BCUT2D eigenvalue weighted by Gasteiger charge is -2.17. The van der Waals surface area contributed by atoms with E-state index < -0.39 is 46.9 Å². The molecule has 0 aliphatic heterocycles. The highest BCUT2D eigenvalue weighted by Gasteiger charge is 2.61. The quantitative estimate of drug-likeness (QED) is 0.228. The molecule has 0 spiro atoms. The molecule has 30 heavy (non-hydrogen) atoms. The Kier molecular flexibility index (Phi) is 8.51. The van der Waals surface area contributed by atoms with Gasteiger partial charge in [-0.15, -0.1) is 0 Å². The molecule has 0 radical (unpaired) electrons. The molecular formula is C22H28Cl2F3NO2. The van der Waals surface area contributed by atoms with Gasteiger partial charge in [-0.2, -0.15) is 0 Å². The maximum absolute atomic E-state index is 14.7. The Hall–Kier alpha value is -1.40. The number of nitrogens with one attached hydrogen (secondary N) is 1. The van der Waals surface area contributed by atoms with E-state index in [1.807, 2.05) is 13.8 Å². The van der Waals surface area contributed by atoms with Crippen LogP contribution in [0.2, 0.25) is 0 Å². The van der Waals surface area contributed by atoms with Crippen LogP contribution >= 0.6 is 23.2 Å². The molecule has 0 aromatic heterocycles. The van der Waals surface area contributed by atoms with Crippen molar-refractivity contribution in [2.75, 3.05) is 11.9 Å². The van der Waals surface area contributed by atoms with Crippen LogP contribution in [0.5, 0.6) is 0 Å². The highest BCUT2D eigenvalue weighted by atomic mass is 35.5. The van der Waals surface area contributed by atoms with Gasteiger partial charge in [-0.25, -0.2) is 13.2 Å². The number of halogens is 5. The third-order valence-corrected chi connectivity index (χ3v) is 6.05. The number of anilines is 1. The minimum absolute atomic E-state index is 0.0478. The maximum atomic E-state index is 14.7. The van der Waals surface area contributed by atoms with Crippen molar-refractivity contribution in [2.24, 2.45) is 17.3 Å². The fourth-order valence-electron chi connectivity index (χ4n) is 3.72. The van der Waals surface area contributed by atoms with Gasteiger partial charge in [0.05, 0.1) is 17.2 Å². The predicted octanol–water partition coefficient (Wildman–Crippen LogP) is 7.04. The van der Waals surface area contributed by atoms with Gasteiger partial charge in [0.1, 0.15) is 11.1 Å². The number of allylic oxidation sites excluding steroid dienone is 1. The van der Waals surface area contributed by atoms with Crippen LogP contribution in [0.3, 0.4) is 0 Å². The largest absolute Gasteiger partial charge is 0.460 e. The molecule has 3 nitrogen and oxygen atoms in total. The Balaban J connectivity index is 2.16. The molecular weight excluding hydrogens is 438 g/mol. The van der Waals surface area contributed by atoms with Gasteiger partial charge in [-0.05, 0) is 30.8 Å². The number of hydrogen-bond donors (Lipinski definition) is 1. The Bertz CT molecular complexity index is 823. The first-order chi connectivity index (χ1) is 14.0. The number of rotatable bonds is 10. The molecule has 2 atom stereocenters. The van der Waals surface area contributed by atoms with E-state index in [1.54, 1.807) is 6.08 Å². The van der Waals surface area contributed by atoms with Crippen LogP contribution in [0.1, 0.15) is 57.6 Å². The predicted molar refractivity (Wildman–Crippen MR) is 114 cm³/mol. The van der Waals surface area contributed by atoms with Gasteiger partial charge in [0.15, 0.2) is 17.5 Å². The highest BCUT2D eigenvalue weighted by Crippen LogP contribution is 2.60. The van der Waals surface area contributed by atoms with Gasteiger partial charge >= 0.3 is 5.97 Å². The van der Waals surface area contributed by atoms with E-state index in [-0.39, 0.29) is 21.7 Å². The fraction of sp³-hybridized carbons (Fsp3) is 0.591. The van der Waals surface area contributed by atoms with Gasteiger partial charge in [0.25, 0.3) is 0 Å². The summed E-state index contributed by atoms with van der Waals surface area (Å²) in [6.45, 7) is 6.77. The van der Waals surface area contributed by atoms with Crippen molar-refractivity contribution >= 4 is 34.9 Å². The Morgan fingerprint density at radius 3 is 2.40 bits per heavy atom. The molecule has 8 heteroatoms. The minimum Gasteiger partial charge on any atom is -0.460 e. The number of ether oxygens (including phenoxy) is 1. The van der Waals surface area contributed by atoms with Crippen molar-refractivity contribution in [3.05, 3.63) is 39.1 Å². The van der Waals surface area contributed by atoms with E-state index in [2.05, 4.69) is 12.2 Å². The maximum Gasteiger partial charge on any atom is 0.310 e. The molecule has 0 heterocycles. The monoisotopic (exact) mass is 465 g/mol. The zero-order chi connectivity index (χ0) is 22.6. The zero-order valence-corrected chi connectivity index (χ0v) is 19.2. The van der Waals surface area contributed by atoms with Crippen molar-refractivity contribution in [3.63, 3.8) is 0 Å². The van der Waals surface area contributed by atoms with E-state index in [0.29, 0.717) is 6.54 Å². The number of hydrogen-bond acceptors (Lipinski definition) is 3. The topological polar surface area (TPSA) is 38.3 Å². The van der Waals surface area contributed by atoms with Crippen LogP contribution in [0.4, 0.5) is 18.9 Å². The average Bonchev–Trinajstić information content (AvgIpc) is 3.21. The second-order valence-electron chi connectivity index (χ2n) is 8.30. The molecule has 1 fully saturated rings. The number of unbranched alkanes of at least 4 members (excludes halogenated alkanes) is 3. The lowest BCUT2D eigenvalue weighted by molar-refractivity contribution is -0.147. The molecule has 1 N–H and O–H groups in total. The van der Waals surface area contributed by atoms with Crippen molar-refractivity contribution in [1.29, 1.82) is 0 Å². The number of carbonyl (C=O) groups is 1. The summed E-state index contributed by atoms with van der Waals surface area (Å²) in [6.07, 6.45) is 5.33. The lowest BCUT2D eigenvalue weighted by atomic mass is 10.1. The van der Waals surface area contributed by atoms with Crippen LogP contribution < -0.4 is 5.32 Å². The molecule has 1 aliphatic rings. The lowest BCUT2D eigenvalue weighted by Crippen LogP contribution is -2.16. The van der Waals surface area contributed by atoms with E-state index in [9.17, 15) is 18.0 Å². The normalized spacial score (nSPS) is 19.4. The van der Waals surface area contributed by atoms with Crippen LogP contribution in [0.15, 0.2) is 10.6 Å². The molecule has 1 saturated carbocycles. The summed E-state index contributed by atoms with van der Waals surface area (Å²) in [5.41, 5.74) is -1.33. The molecule has 0 saturated heterocycles. The molecule has 1 aromatic rings. The van der Waals surface area contributed by atoms with Gasteiger partial charge in [0, 0.05) is 12.1 Å². The summed E-state index contributed by atoms with van der Waals surface area (Å²) in [7, 11) is 0. The van der Waals surface area contributed by atoms with E-state index >= 15 is 0 Å². The number of carbonyl (C=O) groups excluding carboxylic acids is 1. The van der Waals surface area contributed by atoms with Gasteiger partial charge < -0.3 is 10.1 Å². The van der Waals surface area contributed by atoms with Gasteiger partial charge in [-0.3, -0.25) is 4.79 Å². The molecule has 1 aliphatic carbocycles. The summed E-state index contributed by atoms with van der Waals surface area (Å²) in [5.74, 6) is -4.70. The van der Waals surface area contributed by atoms with E-state index in [0.717, 1.165) is 25.7 Å². The zero-order valence-electron chi connectivity index (χ0n) is 17.7. The summed E-state index contributed by atoms with van der Waals surface area (Å²) in [5, 5.41) is 2.85. The Labute approximate surface area is 186 Å². The Morgan fingerprint density at radius 2 is 1.80 bits per heavy atom. The number of benzene rings is 1. The molecule has 0 amide bonds. The van der Waals surface area contributed by atoms with Crippen LogP contribution in [0, 0.1) is 41.6 Å². The second kappa shape index (κ2) is 10.3. The van der Waals surface area contributed by atoms with E-state index in [1.165, 1.54) is 6.92 Å². The molecule has 2 rings (SSSR count). The van der Waals surface area contributed by atoms with Crippen molar-refractivity contribution in [3.8, 4) is 0 Å². The van der Waals surface area contributed by atoms with Crippen LogP contribution in [-0.4, -0.2) is 12.5 Å². The van der Waals surface area contributed by atoms with Crippen LogP contribution in [0.25, 0.3) is 0 Å². The van der Waals surface area contributed by atoms with E-state index in [4.69, 9.17) is 27.9 Å². The fourth-order valence-corrected chi connectivity index (χ4v) is 3.99. The molecule has 0 unspecified atom stereocenters. The summed E-state index contributed by atoms with van der Waals surface area (Å²) >= 11 is 11.4. The average molecular weight is 466 g/mol. The summed E-state index contributed by atoms with van der Waals surface area (Å²) < 4.78 is 48.7. The smallest absolute Gasteiger partial charge is 0.310 e. The first-order valence-corrected chi connectivity index (χ1v) is 10.9. The molecule has 1 aromatic carbocycles. The first kappa shape index (κ1) is 24.9. The van der Waals surface area contributed by atoms with Gasteiger partial charge in [-0.1, -0.05) is 63.2 Å². The first-order valence-electron chi connectivity index (χ1n) is 10.1. The van der Waals surface area contributed by atoms with Crippen molar-refractivity contribution in [2.45, 2.75) is 60.0 Å². The summed E-state index contributed by atoms with van der Waals surface area (Å²) in [4.78, 5) is 12.5. The van der Waals surface area contributed by atoms with Crippen molar-refractivity contribution in [1.82, 2.24) is 0 Å². The minimum atomic E-state index is -1.28.